The summed E-state index contributed by atoms with van der Waals surface area (Å²) in [5, 5.41) is 0.813. The van der Waals surface area contributed by atoms with Crippen LogP contribution < -0.4 is 9.47 Å². The lowest BCUT2D eigenvalue weighted by Gasteiger charge is -2.26. The minimum Gasteiger partial charge on any atom is -0.493 e. The van der Waals surface area contributed by atoms with Crippen LogP contribution in [0.5, 0.6) is 11.5 Å². The quantitative estimate of drug-likeness (QED) is 0.743. The number of H-pyrrole nitrogens is 1. The lowest BCUT2D eigenvalue weighted by molar-refractivity contribution is 0.353. The van der Waals surface area contributed by atoms with Gasteiger partial charge < -0.3 is 14.5 Å². The van der Waals surface area contributed by atoms with Gasteiger partial charge in [-0.25, -0.2) is 12.8 Å². The number of nitrogens with zero attached hydrogens (tertiary/aromatic N) is 1. The third-order valence-corrected chi connectivity index (χ3v) is 6.74. The van der Waals surface area contributed by atoms with Crippen molar-refractivity contribution in [1.82, 2.24) is 9.29 Å². The molecule has 1 aromatic heterocycles. The van der Waals surface area contributed by atoms with Gasteiger partial charge in [0.25, 0.3) is 0 Å². The molecule has 8 heteroatoms. The molecular formula is C19H19FN2O4S. The van der Waals surface area contributed by atoms with Crippen LogP contribution in [-0.2, 0) is 23.0 Å². The molecule has 0 bridgehead atoms. The van der Waals surface area contributed by atoms with E-state index in [1.807, 2.05) is 0 Å². The molecule has 0 saturated carbocycles. The first-order valence-electron chi connectivity index (χ1n) is 8.45. The third-order valence-electron chi connectivity index (χ3n) is 4.90. The summed E-state index contributed by atoms with van der Waals surface area (Å²) in [6.45, 7) is 0.537. The van der Waals surface area contributed by atoms with Crippen LogP contribution in [-0.4, -0.2) is 38.5 Å². The predicted molar refractivity (Wildman–Crippen MR) is 99.1 cm³/mol. The van der Waals surface area contributed by atoms with Crippen LogP contribution in [0.3, 0.4) is 0 Å². The molecule has 0 atom stereocenters. The van der Waals surface area contributed by atoms with Gasteiger partial charge in [0.05, 0.1) is 25.7 Å². The molecule has 1 N–H and O–H groups in total. The van der Waals surface area contributed by atoms with Crippen molar-refractivity contribution in [1.29, 1.82) is 0 Å². The number of aromatic amines is 1. The molecular weight excluding hydrogens is 371 g/mol. The number of rotatable bonds is 4. The van der Waals surface area contributed by atoms with E-state index >= 15 is 0 Å². The minimum absolute atomic E-state index is 0.144. The van der Waals surface area contributed by atoms with Gasteiger partial charge in [-0.05, 0) is 42.3 Å². The smallest absolute Gasteiger partial charge is 0.243 e. The van der Waals surface area contributed by atoms with Crippen molar-refractivity contribution in [3.63, 3.8) is 0 Å². The zero-order valence-electron chi connectivity index (χ0n) is 15.0. The molecule has 1 aliphatic rings. The number of hydrogen-bond donors (Lipinski definition) is 1. The fourth-order valence-corrected chi connectivity index (χ4v) is 4.94. The van der Waals surface area contributed by atoms with Crippen molar-refractivity contribution >= 4 is 20.9 Å². The van der Waals surface area contributed by atoms with Crippen LogP contribution in [0.1, 0.15) is 11.3 Å². The van der Waals surface area contributed by atoms with E-state index in [0.29, 0.717) is 24.5 Å². The Morgan fingerprint density at radius 3 is 2.59 bits per heavy atom. The van der Waals surface area contributed by atoms with Gasteiger partial charge in [0.2, 0.25) is 10.0 Å². The molecule has 2 heterocycles. The molecule has 0 aliphatic carbocycles. The number of ether oxygens (including phenoxy) is 2. The molecule has 2 aromatic carbocycles. The highest BCUT2D eigenvalue weighted by Crippen LogP contribution is 2.34. The Morgan fingerprint density at radius 2 is 1.85 bits per heavy atom. The van der Waals surface area contributed by atoms with Gasteiger partial charge in [-0.1, -0.05) is 0 Å². The third kappa shape index (κ3) is 2.94. The van der Waals surface area contributed by atoms with E-state index in [9.17, 15) is 12.8 Å². The molecule has 0 unspecified atom stereocenters. The van der Waals surface area contributed by atoms with Crippen molar-refractivity contribution in [3.8, 4) is 11.5 Å². The van der Waals surface area contributed by atoms with E-state index in [1.54, 1.807) is 12.1 Å². The Morgan fingerprint density at radius 1 is 1.07 bits per heavy atom. The monoisotopic (exact) mass is 390 g/mol. The summed E-state index contributed by atoms with van der Waals surface area (Å²) in [5.74, 6) is 0.525. The molecule has 142 valence electrons. The minimum atomic E-state index is -3.70. The molecule has 3 aromatic rings. The SMILES string of the molecule is COc1ccc(S(=O)(=O)N2CCc3c([nH]c4ccc(F)cc34)C2)cc1OC. The highest BCUT2D eigenvalue weighted by Gasteiger charge is 2.31. The Kier molecular flexibility index (Phi) is 4.32. The van der Waals surface area contributed by atoms with Gasteiger partial charge in [-0.2, -0.15) is 4.31 Å². The Balaban J connectivity index is 1.69. The predicted octanol–water partition coefficient (Wildman–Crippen LogP) is 3.07. The second-order valence-corrected chi connectivity index (χ2v) is 8.32. The van der Waals surface area contributed by atoms with Gasteiger partial charge in [-0.3, -0.25) is 0 Å². The van der Waals surface area contributed by atoms with E-state index in [4.69, 9.17) is 9.47 Å². The maximum Gasteiger partial charge on any atom is 0.243 e. The van der Waals surface area contributed by atoms with Crippen molar-refractivity contribution in [2.24, 2.45) is 0 Å². The fourth-order valence-electron chi connectivity index (χ4n) is 3.52. The molecule has 1 aliphatic heterocycles. The molecule has 6 nitrogen and oxygen atoms in total. The van der Waals surface area contributed by atoms with Crippen LogP contribution in [0, 0.1) is 5.82 Å². The first-order chi connectivity index (χ1) is 12.9. The number of nitrogens with one attached hydrogen (secondary N) is 1. The maximum atomic E-state index is 13.6. The lowest BCUT2D eigenvalue weighted by Crippen LogP contribution is -2.35. The number of sulfonamides is 1. The van der Waals surface area contributed by atoms with E-state index in [1.165, 1.54) is 42.8 Å². The Labute approximate surface area is 156 Å². The zero-order valence-corrected chi connectivity index (χ0v) is 15.8. The van der Waals surface area contributed by atoms with Crippen molar-refractivity contribution in [2.75, 3.05) is 20.8 Å². The van der Waals surface area contributed by atoms with Gasteiger partial charge in [0.15, 0.2) is 11.5 Å². The summed E-state index contributed by atoms with van der Waals surface area (Å²) in [6.07, 6.45) is 0.519. The number of benzene rings is 2. The Bertz CT molecular complexity index is 1120. The lowest BCUT2D eigenvalue weighted by atomic mass is 10.0. The summed E-state index contributed by atoms with van der Waals surface area (Å²) in [4.78, 5) is 3.36. The summed E-state index contributed by atoms with van der Waals surface area (Å²) >= 11 is 0. The molecule has 4 rings (SSSR count). The van der Waals surface area contributed by atoms with E-state index in [0.717, 1.165) is 22.2 Å². The summed E-state index contributed by atoms with van der Waals surface area (Å²) in [7, 11) is -0.744. The number of fused-ring (bicyclic) bond motifs is 3. The number of hydrogen-bond acceptors (Lipinski definition) is 4. The zero-order chi connectivity index (χ0) is 19.2. The van der Waals surface area contributed by atoms with Crippen molar-refractivity contribution in [2.45, 2.75) is 17.9 Å². The number of aromatic nitrogens is 1. The van der Waals surface area contributed by atoms with Crippen molar-refractivity contribution in [3.05, 3.63) is 53.5 Å². The second kappa shape index (κ2) is 6.54. The van der Waals surface area contributed by atoms with Crippen LogP contribution in [0.4, 0.5) is 4.39 Å². The molecule has 0 saturated heterocycles. The van der Waals surface area contributed by atoms with Crippen LogP contribution in [0.2, 0.25) is 0 Å². The molecule has 27 heavy (non-hydrogen) atoms. The molecule has 0 spiro atoms. The summed E-state index contributed by atoms with van der Waals surface area (Å²) in [6, 6.07) is 9.10. The topological polar surface area (TPSA) is 71.6 Å². The van der Waals surface area contributed by atoms with E-state index in [-0.39, 0.29) is 17.3 Å². The van der Waals surface area contributed by atoms with E-state index in [2.05, 4.69) is 4.98 Å². The van der Waals surface area contributed by atoms with Gasteiger partial charge in [-0.15, -0.1) is 0 Å². The van der Waals surface area contributed by atoms with Crippen LogP contribution >= 0.6 is 0 Å². The van der Waals surface area contributed by atoms with Gasteiger partial charge >= 0.3 is 0 Å². The summed E-state index contributed by atoms with van der Waals surface area (Å²) < 4.78 is 51.5. The number of methoxy groups -OCH3 is 2. The first-order valence-corrected chi connectivity index (χ1v) is 9.89. The normalized spacial score (nSPS) is 14.9. The average Bonchev–Trinajstić information content (AvgIpc) is 3.04. The second-order valence-electron chi connectivity index (χ2n) is 6.38. The van der Waals surface area contributed by atoms with Crippen LogP contribution in [0.15, 0.2) is 41.3 Å². The Hall–Kier alpha value is -2.58. The van der Waals surface area contributed by atoms with Crippen LogP contribution in [0.25, 0.3) is 10.9 Å². The largest absolute Gasteiger partial charge is 0.493 e. The molecule has 0 radical (unpaired) electrons. The van der Waals surface area contributed by atoms with E-state index < -0.39 is 10.0 Å². The van der Waals surface area contributed by atoms with Gasteiger partial charge in [0, 0.05) is 29.2 Å². The highest BCUT2D eigenvalue weighted by atomic mass is 32.2. The van der Waals surface area contributed by atoms with Crippen molar-refractivity contribution < 1.29 is 22.3 Å². The fraction of sp³-hybridized carbons (Fsp3) is 0.263. The first kappa shape index (κ1) is 17.8. The molecule has 0 amide bonds. The standard InChI is InChI=1S/C19H19FN2O4S/c1-25-18-6-4-13(10-19(18)26-2)27(23,24)22-8-7-14-15-9-12(20)3-5-16(15)21-17(14)11-22/h3-6,9-10,21H,7-8,11H2,1-2H3. The van der Waals surface area contributed by atoms with Gasteiger partial charge in [0.1, 0.15) is 5.82 Å². The number of halogens is 1. The highest BCUT2D eigenvalue weighted by molar-refractivity contribution is 7.89. The molecule has 0 fully saturated rings. The maximum absolute atomic E-state index is 13.6. The summed E-state index contributed by atoms with van der Waals surface area (Å²) in [5.41, 5.74) is 2.58. The average molecular weight is 390 g/mol.